The van der Waals surface area contributed by atoms with Crippen molar-refractivity contribution in [1.29, 1.82) is 0 Å². The summed E-state index contributed by atoms with van der Waals surface area (Å²) in [4.78, 5) is 11.7. The highest BCUT2D eigenvalue weighted by molar-refractivity contribution is 5.75. The van der Waals surface area contributed by atoms with E-state index in [9.17, 15) is 4.79 Å². The summed E-state index contributed by atoms with van der Waals surface area (Å²) in [6, 6.07) is 0. The van der Waals surface area contributed by atoms with Crippen molar-refractivity contribution < 1.29 is 4.79 Å². The van der Waals surface area contributed by atoms with Crippen LogP contribution in [0.3, 0.4) is 0 Å². The first-order chi connectivity index (χ1) is 8.60. The maximum Gasteiger partial charge on any atom is 0.241 e. The minimum atomic E-state index is 0.0325. The van der Waals surface area contributed by atoms with Gasteiger partial charge in [0.25, 0.3) is 0 Å². The molecule has 1 amide bonds. The number of carbonyl (C=O) groups is 1. The van der Waals surface area contributed by atoms with Gasteiger partial charge in [0, 0.05) is 24.3 Å². The summed E-state index contributed by atoms with van der Waals surface area (Å²) >= 11 is 0. The van der Waals surface area contributed by atoms with Crippen molar-refractivity contribution in [3.05, 3.63) is 17.0 Å². The number of carbonyl (C=O) groups excluding carboxylic acids is 1. The first kappa shape index (κ1) is 14.7. The fourth-order valence-electron chi connectivity index (χ4n) is 1.92. The van der Waals surface area contributed by atoms with Crippen LogP contribution in [-0.2, 0) is 17.9 Å². The molecule has 1 aromatic rings. The molecule has 1 heterocycles. The van der Waals surface area contributed by atoms with Crippen LogP contribution in [-0.4, -0.2) is 29.3 Å². The number of hydrogen-bond donors (Lipinski definition) is 2. The van der Waals surface area contributed by atoms with Crippen molar-refractivity contribution in [3.63, 3.8) is 0 Å². The van der Waals surface area contributed by atoms with Crippen LogP contribution in [0.5, 0.6) is 0 Å². The van der Waals surface area contributed by atoms with Crippen LogP contribution in [0.1, 0.15) is 36.7 Å². The third-order valence-corrected chi connectivity index (χ3v) is 3.03. The highest BCUT2D eigenvalue weighted by atomic mass is 16.2. The number of aryl methyl sites for hydroxylation is 1. The first-order valence-electron chi connectivity index (χ1n) is 6.54. The molecule has 5 nitrogen and oxygen atoms in total. The Labute approximate surface area is 109 Å². The second-order valence-electron chi connectivity index (χ2n) is 4.54. The molecule has 0 aromatic carbocycles. The minimum absolute atomic E-state index is 0.0325. The van der Waals surface area contributed by atoms with Gasteiger partial charge in [0.15, 0.2) is 0 Å². The van der Waals surface area contributed by atoms with E-state index < -0.39 is 0 Å². The van der Waals surface area contributed by atoms with E-state index in [1.165, 1.54) is 5.56 Å². The van der Waals surface area contributed by atoms with Crippen LogP contribution >= 0.6 is 0 Å². The molecule has 0 radical (unpaired) electrons. The maximum atomic E-state index is 11.7. The molecule has 1 rings (SSSR count). The van der Waals surface area contributed by atoms with Gasteiger partial charge >= 0.3 is 0 Å². The molecule has 102 valence electrons. The van der Waals surface area contributed by atoms with Gasteiger partial charge in [0.1, 0.15) is 6.54 Å². The Morgan fingerprint density at radius 1 is 1.39 bits per heavy atom. The molecule has 0 aliphatic heterocycles. The van der Waals surface area contributed by atoms with E-state index in [1.807, 2.05) is 20.9 Å². The van der Waals surface area contributed by atoms with Gasteiger partial charge in [-0.25, -0.2) is 0 Å². The monoisotopic (exact) mass is 252 g/mol. The van der Waals surface area contributed by atoms with Gasteiger partial charge in [-0.15, -0.1) is 0 Å². The van der Waals surface area contributed by atoms with E-state index in [4.69, 9.17) is 0 Å². The van der Waals surface area contributed by atoms with E-state index in [1.54, 1.807) is 4.68 Å². The minimum Gasteiger partial charge on any atom is -0.354 e. The second-order valence-corrected chi connectivity index (χ2v) is 4.54. The van der Waals surface area contributed by atoms with Crippen molar-refractivity contribution in [2.24, 2.45) is 0 Å². The molecule has 0 fully saturated rings. The van der Waals surface area contributed by atoms with Gasteiger partial charge in [0.2, 0.25) is 5.91 Å². The average Bonchev–Trinajstić information content (AvgIpc) is 2.58. The lowest BCUT2D eigenvalue weighted by atomic mass is 10.2. The fraction of sp³-hybridized carbons (Fsp3) is 0.692. The van der Waals surface area contributed by atoms with Crippen molar-refractivity contribution in [3.8, 4) is 0 Å². The van der Waals surface area contributed by atoms with Gasteiger partial charge in [-0.3, -0.25) is 9.48 Å². The van der Waals surface area contributed by atoms with Gasteiger partial charge < -0.3 is 10.6 Å². The molecular formula is C13H24N4O. The number of nitrogens with zero attached hydrogens (tertiary/aromatic N) is 2. The molecule has 0 bridgehead atoms. The largest absolute Gasteiger partial charge is 0.354 e. The molecule has 0 atom stereocenters. The van der Waals surface area contributed by atoms with Crippen LogP contribution < -0.4 is 10.6 Å². The second kappa shape index (κ2) is 7.16. The normalized spacial score (nSPS) is 10.7. The molecule has 2 N–H and O–H groups in total. The standard InChI is InChI=1S/C13H24N4O/c1-5-6-7-15-13(18)9-17-11(3)12(8-14-4)10(2)16-17/h14H,5-9H2,1-4H3,(H,15,18). The summed E-state index contributed by atoms with van der Waals surface area (Å²) < 4.78 is 1.78. The lowest BCUT2D eigenvalue weighted by Gasteiger charge is -2.06. The number of hydrogen-bond acceptors (Lipinski definition) is 3. The summed E-state index contributed by atoms with van der Waals surface area (Å²) in [5.74, 6) is 0.0325. The zero-order chi connectivity index (χ0) is 13.5. The van der Waals surface area contributed by atoms with Crippen molar-refractivity contribution in [1.82, 2.24) is 20.4 Å². The van der Waals surface area contributed by atoms with Crippen LogP contribution in [0.2, 0.25) is 0 Å². The molecule has 0 saturated carbocycles. The van der Waals surface area contributed by atoms with Crippen LogP contribution in [0, 0.1) is 13.8 Å². The molecule has 0 aliphatic carbocycles. The van der Waals surface area contributed by atoms with E-state index in [2.05, 4.69) is 22.7 Å². The third kappa shape index (κ3) is 3.84. The van der Waals surface area contributed by atoms with E-state index >= 15 is 0 Å². The van der Waals surface area contributed by atoms with Gasteiger partial charge in [0.05, 0.1) is 5.69 Å². The zero-order valence-corrected chi connectivity index (χ0v) is 11.8. The van der Waals surface area contributed by atoms with E-state index in [-0.39, 0.29) is 5.91 Å². The average molecular weight is 252 g/mol. The fourth-order valence-corrected chi connectivity index (χ4v) is 1.92. The smallest absolute Gasteiger partial charge is 0.241 e. The molecular weight excluding hydrogens is 228 g/mol. The maximum absolute atomic E-state index is 11.7. The molecule has 0 unspecified atom stereocenters. The summed E-state index contributed by atoms with van der Waals surface area (Å²) in [6.45, 7) is 7.93. The van der Waals surface area contributed by atoms with Crippen LogP contribution in [0.25, 0.3) is 0 Å². The SMILES string of the molecule is CCCCNC(=O)Cn1nc(C)c(CNC)c1C. The van der Waals surface area contributed by atoms with Crippen LogP contribution in [0.15, 0.2) is 0 Å². The molecule has 5 heteroatoms. The summed E-state index contributed by atoms with van der Waals surface area (Å²) in [7, 11) is 1.91. The topological polar surface area (TPSA) is 59.0 Å². The quantitative estimate of drug-likeness (QED) is 0.715. The Kier molecular flexibility index (Phi) is 5.85. The van der Waals surface area contributed by atoms with E-state index in [0.29, 0.717) is 6.54 Å². The summed E-state index contributed by atoms with van der Waals surface area (Å²) in [5.41, 5.74) is 3.23. The molecule has 18 heavy (non-hydrogen) atoms. The molecule has 0 aliphatic rings. The zero-order valence-electron chi connectivity index (χ0n) is 11.8. The highest BCUT2D eigenvalue weighted by Crippen LogP contribution is 2.12. The number of unbranched alkanes of at least 4 members (excludes halogenated alkanes) is 1. The first-order valence-corrected chi connectivity index (χ1v) is 6.54. The molecule has 1 aromatic heterocycles. The third-order valence-electron chi connectivity index (χ3n) is 3.03. The lowest BCUT2D eigenvalue weighted by Crippen LogP contribution is -2.29. The number of nitrogens with one attached hydrogen (secondary N) is 2. The summed E-state index contributed by atoms with van der Waals surface area (Å²) in [5, 5.41) is 10.4. The highest BCUT2D eigenvalue weighted by Gasteiger charge is 2.12. The Morgan fingerprint density at radius 2 is 2.11 bits per heavy atom. The summed E-state index contributed by atoms with van der Waals surface area (Å²) in [6.07, 6.45) is 2.11. The van der Waals surface area contributed by atoms with Gasteiger partial charge in [-0.1, -0.05) is 13.3 Å². The Hall–Kier alpha value is -1.36. The molecule has 0 saturated heterocycles. The van der Waals surface area contributed by atoms with Crippen molar-refractivity contribution >= 4 is 5.91 Å². The predicted molar refractivity (Wildman–Crippen MR) is 72.4 cm³/mol. The number of rotatable bonds is 7. The van der Waals surface area contributed by atoms with E-state index in [0.717, 1.165) is 37.3 Å². The lowest BCUT2D eigenvalue weighted by molar-refractivity contribution is -0.121. The van der Waals surface area contributed by atoms with Crippen molar-refractivity contribution in [2.45, 2.75) is 46.7 Å². The van der Waals surface area contributed by atoms with Gasteiger partial charge in [-0.05, 0) is 27.3 Å². The Morgan fingerprint density at radius 3 is 2.72 bits per heavy atom. The van der Waals surface area contributed by atoms with Crippen LogP contribution in [0.4, 0.5) is 0 Å². The Balaban J connectivity index is 2.62. The number of amides is 1. The van der Waals surface area contributed by atoms with Crippen molar-refractivity contribution in [2.75, 3.05) is 13.6 Å². The number of aromatic nitrogens is 2. The Bertz CT molecular complexity index is 398. The predicted octanol–water partition coefficient (Wildman–Crippen LogP) is 1.14. The van der Waals surface area contributed by atoms with Gasteiger partial charge in [-0.2, -0.15) is 5.10 Å². The molecule has 0 spiro atoms.